The van der Waals surface area contributed by atoms with Crippen LogP contribution in [-0.2, 0) is 11.3 Å². The molecule has 0 bridgehead atoms. The van der Waals surface area contributed by atoms with Crippen molar-refractivity contribution in [2.75, 3.05) is 7.05 Å². The Hall–Kier alpha value is -1.65. The largest absolute Gasteiger partial charge is 0.297 e. The van der Waals surface area contributed by atoms with Crippen LogP contribution in [0.25, 0.3) is 6.08 Å². The van der Waals surface area contributed by atoms with E-state index in [0.29, 0.717) is 0 Å². The van der Waals surface area contributed by atoms with Gasteiger partial charge < -0.3 is 0 Å². The first-order chi connectivity index (χ1) is 8.82. The van der Waals surface area contributed by atoms with Gasteiger partial charge in [-0.05, 0) is 45.0 Å². The molecule has 0 spiro atoms. The first kappa shape index (κ1) is 15.4. The van der Waals surface area contributed by atoms with Gasteiger partial charge in [-0.15, -0.1) is 0 Å². The molecule has 0 aliphatic carbocycles. The first-order valence-electron chi connectivity index (χ1n) is 6.25. The van der Waals surface area contributed by atoms with E-state index in [4.69, 9.17) is 5.21 Å². The summed E-state index contributed by atoms with van der Waals surface area (Å²) in [5.41, 5.74) is 3.84. The molecule has 19 heavy (non-hydrogen) atoms. The molecule has 0 fully saturated rings. The quantitative estimate of drug-likeness (QED) is 0.498. The topological polar surface area (TPSA) is 52.6 Å². The van der Waals surface area contributed by atoms with E-state index in [2.05, 4.69) is 32.7 Å². The van der Waals surface area contributed by atoms with Gasteiger partial charge in [0, 0.05) is 18.2 Å². The fourth-order valence-corrected chi connectivity index (χ4v) is 1.45. The van der Waals surface area contributed by atoms with Crippen LogP contribution in [0.2, 0.25) is 0 Å². The Morgan fingerprint density at radius 3 is 2.37 bits per heavy atom. The highest BCUT2D eigenvalue weighted by Gasteiger charge is 2.16. The molecule has 0 saturated carbocycles. The molecule has 0 aliphatic rings. The molecule has 104 valence electrons. The Balaban J connectivity index is 2.67. The average molecular weight is 262 g/mol. The van der Waals surface area contributed by atoms with Gasteiger partial charge in [-0.1, -0.05) is 24.3 Å². The Kier molecular flexibility index (Phi) is 5.27. The summed E-state index contributed by atoms with van der Waals surface area (Å²) >= 11 is 0. The van der Waals surface area contributed by atoms with Crippen molar-refractivity contribution in [3.63, 3.8) is 0 Å². The lowest BCUT2D eigenvalue weighted by Gasteiger charge is -2.31. The van der Waals surface area contributed by atoms with E-state index in [1.54, 1.807) is 11.6 Å². The van der Waals surface area contributed by atoms with E-state index in [-0.39, 0.29) is 5.54 Å². The van der Waals surface area contributed by atoms with Crippen molar-refractivity contribution in [1.82, 2.24) is 10.4 Å². The molecule has 4 heteroatoms. The molecule has 0 radical (unpaired) electrons. The molecule has 1 amide bonds. The fraction of sp³-hybridized carbons (Fsp3) is 0.400. The standard InChI is InChI=1S/C15H22N2O2/c1-15(2,3)17(4)11-13-7-5-12(6-8-13)9-10-14(18)16-19/h5-10,19H,11H2,1-4H3,(H,16,18)/b10-9+. The van der Waals surface area contributed by atoms with Crippen molar-refractivity contribution in [2.45, 2.75) is 32.9 Å². The van der Waals surface area contributed by atoms with Crippen LogP contribution in [0.3, 0.4) is 0 Å². The molecule has 4 nitrogen and oxygen atoms in total. The van der Waals surface area contributed by atoms with E-state index in [0.717, 1.165) is 12.1 Å². The second-order valence-corrected chi connectivity index (χ2v) is 5.58. The van der Waals surface area contributed by atoms with Gasteiger partial charge in [0.1, 0.15) is 0 Å². The maximum absolute atomic E-state index is 10.9. The van der Waals surface area contributed by atoms with Gasteiger partial charge in [0.25, 0.3) is 5.91 Å². The predicted molar refractivity (Wildman–Crippen MR) is 76.6 cm³/mol. The van der Waals surface area contributed by atoms with Crippen LogP contribution in [0.5, 0.6) is 0 Å². The highest BCUT2D eigenvalue weighted by Crippen LogP contribution is 2.15. The lowest BCUT2D eigenvalue weighted by Crippen LogP contribution is -2.37. The third-order valence-corrected chi connectivity index (χ3v) is 3.08. The van der Waals surface area contributed by atoms with Crippen molar-refractivity contribution in [2.24, 2.45) is 0 Å². The summed E-state index contributed by atoms with van der Waals surface area (Å²) in [6.45, 7) is 7.41. The van der Waals surface area contributed by atoms with Crippen molar-refractivity contribution < 1.29 is 10.0 Å². The van der Waals surface area contributed by atoms with Crippen molar-refractivity contribution in [3.8, 4) is 0 Å². The summed E-state index contributed by atoms with van der Waals surface area (Å²) in [7, 11) is 2.10. The normalized spacial score (nSPS) is 12.1. The third kappa shape index (κ3) is 5.24. The summed E-state index contributed by atoms with van der Waals surface area (Å²) in [5, 5.41) is 8.38. The van der Waals surface area contributed by atoms with Gasteiger partial charge >= 0.3 is 0 Å². The molecule has 1 aromatic rings. The molecule has 2 N–H and O–H groups in total. The summed E-state index contributed by atoms with van der Waals surface area (Å²) < 4.78 is 0. The molecule has 1 aromatic carbocycles. The predicted octanol–water partition coefficient (Wildman–Crippen LogP) is 2.44. The van der Waals surface area contributed by atoms with Crippen molar-refractivity contribution in [3.05, 3.63) is 41.5 Å². The number of carbonyl (C=O) groups excluding carboxylic acids is 1. The van der Waals surface area contributed by atoms with Crippen LogP contribution in [0.15, 0.2) is 30.3 Å². The van der Waals surface area contributed by atoms with Crippen LogP contribution in [0, 0.1) is 0 Å². The van der Waals surface area contributed by atoms with Crippen LogP contribution in [0.1, 0.15) is 31.9 Å². The van der Waals surface area contributed by atoms with Gasteiger partial charge in [0.2, 0.25) is 0 Å². The van der Waals surface area contributed by atoms with Gasteiger partial charge in [-0.25, -0.2) is 5.48 Å². The number of rotatable bonds is 4. The van der Waals surface area contributed by atoms with Crippen molar-refractivity contribution >= 4 is 12.0 Å². The molecule has 0 heterocycles. The second-order valence-electron chi connectivity index (χ2n) is 5.58. The van der Waals surface area contributed by atoms with E-state index >= 15 is 0 Å². The third-order valence-electron chi connectivity index (χ3n) is 3.08. The van der Waals surface area contributed by atoms with Crippen LogP contribution in [0.4, 0.5) is 0 Å². The van der Waals surface area contributed by atoms with Gasteiger partial charge in [-0.3, -0.25) is 14.9 Å². The number of amides is 1. The molecule has 0 atom stereocenters. The number of nitrogens with one attached hydrogen (secondary N) is 1. The lowest BCUT2D eigenvalue weighted by molar-refractivity contribution is -0.124. The van der Waals surface area contributed by atoms with Crippen LogP contribution in [-0.4, -0.2) is 28.6 Å². The van der Waals surface area contributed by atoms with Crippen molar-refractivity contribution in [1.29, 1.82) is 0 Å². The van der Waals surface area contributed by atoms with Gasteiger partial charge in [0.05, 0.1) is 0 Å². The number of nitrogens with zero attached hydrogens (tertiary/aromatic N) is 1. The maximum Gasteiger partial charge on any atom is 0.267 e. The van der Waals surface area contributed by atoms with Gasteiger partial charge in [-0.2, -0.15) is 0 Å². The summed E-state index contributed by atoms with van der Waals surface area (Å²) in [6.07, 6.45) is 2.94. The maximum atomic E-state index is 10.9. The Labute approximate surface area is 114 Å². The highest BCUT2D eigenvalue weighted by atomic mass is 16.5. The monoisotopic (exact) mass is 262 g/mol. The molecule has 0 aliphatic heterocycles. The zero-order chi connectivity index (χ0) is 14.5. The van der Waals surface area contributed by atoms with E-state index in [1.165, 1.54) is 11.6 Å². The molecule has 0 aromatic heterocycles. The zero-order valence-electron chi connectivity index (χ0n) is 12.0. The van der Waals surface area contributed by atoms with Crippen LogP contribution < -0.4 is 5.48 Å². The molecule has 0 unspecified atom stereocenters. The van der Waals surface area contributed by atoms with E-state index < -0.39 is 5.91 Å². The average Bonchev–Trinajstić information content (AvgIpc) is 2.36. The minimum Gasteiger partial charge on any atom is -0.297 e. The number of hydroxylamine groups is 1. The summed E-state index contributed by atoms with van der Waals surface area (Å²) in [4.78, 5) is 13.1. The molecular formula is C15H22N2O2. The first-order valence-corrected chi connectivity index (χ1v) is 6.25. The number of hydrogen-bond donors (Lipinski definition) is 2. The number of hydrogen-bond acceptors (Lipinski definition) is 3. The molecular weight excluding hydrogens is 240 g/mol. The van der Waals surface area contributed by atoms with Gasteiger partial charge in [0.15, 0.2) is 0 Å². The zero-order valence-corrected chi connectivity index (χ0v) is 12.0. The molecule has 0 saturated heterocycles. The summed E-state index contributed by atoms with van der Waals surface area (Å²) in [6, 6.07) is 7.98. The van der Waals surface area contributed by atoms with Crippen LogP contribution >= 0.6 is 0 Å². The molecule has 1 rings (SSSR count). The lowest BCUT2D eigenvalue weighted by atomic mass is 10.0. The Morgan fingerprint density at radius 1 is 1.32 bits per heavy atom. The van der Waals surface area contributed by atoms with E-state index in [1.807, 2.05) is 24.3 Å². The minimum atomic E-state index is -0.531. The Morgan fingerprint density at radius 2 is 1.89 bits per heavy atom. The number of carbonyl (C=O) groups is 1. The van der Waals surface area contributed by atoms with E-state index in [9.17, 15) is 4.79 Å². The number of benzene rings is 1. The second kappa shape index (κ2) is 6.50. The Bertz CT molecular complexity index is 444. The highest BCUT2D eigenvalue weighted by molar-refractivity contribution is 5.90. The SMILES string of the molecule is CN(Cc1ccc(/C=C/C(=O)NO)cc1)C(C)(C)C. The minimum absolute atomic E-state index is 0.137. The summed E-state index contributed by atoms with van der Waals surface area (Å²) in [5.74, 6) is -0.531. The smallest absolute Gasteiger partial charge is 0.267 e. The fourth-order valence-electron chi connectivity index (χ4n) is 1.45.